The first-order chi connectivity index (χ1) is 13.0. The van der Waals surface area contributed by atoms with E-state index in [9.17, 15) is 19.7 Å². The number of oxazole rings is 1. The zero-order valence-electron chi connectivity index (χ0n) is 13.6. The highest BCUT2D eigenvalue weighted by atomic mass is 35.5. The Hall–Kier alpha value is -3.52. The monoisotopic (exact) mass is 383 g/mol. The van der Waals surface area contributed by atoms with E-state index >= 15 is 0 Å². The minimum atomic E-state index is -0.746. The molecule has 27 heavy (non-hydrogen) atoms. The molecular formula is C18H10ClN3O5. The first kappa shape index (κ1) is 16.9. The van der Waals surface area contributed by atoms with Crippen molar-refractivity contribution in [1.29, 1.82) is 0 Å². The molecule has 1 aliphatic heterocycles. The van der Waals surface area contributed by atoms with E-state index in [0.717, 1.165) is 4.90 Å². The number of carbonyl (C=O) groups is 2. The summed E-state index contributed by atoms with van der Waals surface area (Å²) in [5.74, 6) is -0.816. The smallest absolute Gasteiger partial charge is 0.282 e. The second-order valence-electron chi connectivity index (χ2n) is 5.78. The molecule has 0 unspecified atom stereocenters. The van der Waals surface area contributed by atoms with Gasteiger partial charge in [-0.3, -0.25) is 24.6 Å². The number of nitrogens with zero attached hydrogens (tertiary/aromatic N) is 3. The number of halogens is 1. The molecule has 134 valence electrons. The van der Waals surface area contributed by atoms with Crippen molar-refractivity contribution in [1.82, 2.24) is 9.88 Å². The maximum absolute atomic E-state index is 12.6. The third-order valence-electron chi connectivity index (χ3n) is 4.13. The summed E-state index contributed by atoms with van der Waals surface area (Å²) < 4.78 is 5.61. The maximum atomic E-state index is 12.6. The second kappa shape index (κ2) is 6.33. The van der Waals surface area contributed by atoms with Gasteiger partial charge in [0.25, 0.3) is 17.5 Å². The molecule has 3 aromatic rings. The molecule has 0 fully saturated rings. The van der Waals surface area contributed by atoms with Gasteiger partial charge in [-0.2, -0.15) is 0 Å². The van der Waals surface area contributed by atoms with Gasteiger partial charge in [0.1, 0.15) is 12.1 Å². The van der Waals surface area contributed by atoms with E-state index in [2.05, 4.69) is 4.98 Å². The van der Waals surface area contributed by atoms with Crippen LogP contribution < -0.4 is 0 Å². The average molecular weight is 384 g/mol. The first-order valence-corrected chi connectivity index (χ1v) is 8.18. The summed E-state index contributed by atoms with van der Waals surface area (Å²) in [6.07, 6.45) is 1.46. The first-order valence-electron chi connectivity index (χ1n) is 7.80. The van der Waals surface area contributed by atoms with E-state index in [1.807, 2.05) is 0 Å². The number of rotatable bonds is 4. The Labute approximate surface area is 157 Å². The molecule has 8 nitrogen and oxygen atoms in total. The van der Waals surface area contributed by atoms with Crippen molar-refractivity contribution in [3.05, 3.63) is 80.8 Å². The molecule has 2 aromatic carbocycles. The van der Waals surface area contributed by atoms with Gasteiger partial charge in [0.05, 0.1) is 16.7 Å². The molecule has 1 aliphatic rings. The summed E-state index contributed by atoms with van der Waals surface area (Å²) in [7, 11) is 0. The van der Waals surface area contributed by atoms with Gasteiger partial charge >= 0.3 is 0 Å². The number of imide groups is 1. The fourth-order valence-corrected chi connectivity index (χ4v) is 3.10. The Balaban J connectivity index is 1.63. The Morgan fingerprint density at radius 1 is 1.15 bits per heavy atom. The number of hydrogen-bond acceptors (Lipinski definition) is 6. The van der Waals surface area contributed by atoms with Crippen LogP contribution in [0.15, 0.2) is 53.1 Å². The summed E-state index contributed by atoms with van der Waals surface area (Å²) in [5, 5.41) is 11.7. The SMILES string of the molecule is O=C1c2cccc([N+](=O)[O-])c2C(=O)N1Cc1ncc(-c2cccc(Cl)c2)o1. The van der Waals surface area contributed by atoms with E-state index in [1.54, 1.807) is 24.3 Å². The molecular weight excluding hydrogens is 374 g/mol. The Morgan fingerprint density at radius 2 is 1.93 bits per heavy atom. The van der Waals surface area contributed by atoms with Gasteiger partial charge in [-0.1, -0.05) is 29.8 Å². The second-order valence-corrected chi connectivity index (χ2v) is 6.22. The van der Waals surface area contributed by atoms with Crippen molar-refractivity contribution in [2.24, 2.45) is 0 Å². The molecule has 0 spiro atoms. The van der Waals surface area contributed by atoms with Gasteiger partial charge in [0, 0.05) is 16.7 Å². The van der Waals surface area contributed by atoms with Crippen molar-refractivity contribution in [2.75, 3.05) is 0 Å². The van der Waals surface area contributed by atoms with Crippen molar-refractivity contribution in [2.45, 2.75) is 6.54 Å². The molecule has 2 amide bonds. The van der Waals surface area contributed by atoms with Gasteiger partial charge in [-0.25, -0.2) is 4.98 Å². The third-order valence-corrected chi connectivity index (χ3v) is 4.36. The van der Waals surface area contributed by atoms with Gasteiger partial charge in [-0.15, -0.1) is 0 Å². The number of amides is 2. The van der Waals surface area contributed by atoms with Gasteiger partial charge in [-0.05, 0) is 18.2 Å². The topological polar surface area (TPSA) is 107 Å². The lowest BCUT2D eigenvalue weighted by atomic mass is 10.1. The van der Waals surface area contributed by atoms with E-state index in [-0.39, 0.29) is 23.6 Å². The molecule has 0 radical (unpaired) electrons. The number of benzene rings is 2. The molecule has 0 aliphatic carbocycles. The molecule has 1 aromatic heterocycles. The van der Waals surface area contributed by atoms with Crippen LogP contribution in [-0.4, -0.2) is 26.6 Å². The maximum Gasteiger partial charge on any atom is 0.282 e. The summed E-state index contributed by atoms with van der Waals surface area (Å²) in [4.78, 5) is 40.5. The standard InChI is InChI=1S/C18H10ClN3O5/c19-11-4-1-3-10(7-11)14-8-20-15(27-14)9-21-17(23)12-5-2-6-13(22(25)26)16(12)18(21)24/h1-8H,9H2. The van der Waals surface area contributed by atoms with E-state index < -0.39 is 22.4 Å². The minimum absolute atomic E-state index is 0.00387. The van der Waals surface area contributed by atoms with E-state index in [1.165, 1.54) is 24.4 Å². The lowest BCUT2D eigenvalue weighted by Crippen LogP contribution is -2.29. The Morgan fingerprint density at radius 3 is 2.67 bits per heavy atom. The largest absolute Gasteiger partial charge is 0.439 e. The number of aromatic nitrogens is 1. The summed E-state index contributed by atoms with van der Waals surface area (Å²) in [5.41, 5.74) is 0.0737. The molecule has 0 bridgehead atoms. The fourth-order valence-electron chi connectivity index (χ4n) is 2.91. The van der Waals surface area contributed by atoms with Crippen LogP contribution in [0.5, 0.6) is 0 Å². The van der Waals surface area contributed by atoms with Gasteiger partial charge in [0.2, 0.25) is 5.89 Å². The highest BCUT2D eigenvalue weighted by Gasteiger charge is 2.41. The predicted octanol–water partition coefficient (Wildman–Crippen LogP) is 3.70. The molecule has 0 N–H and O–H groups in total. The van der Waals surface area contributed by atoms with Crippen molar-refractivity contribution >= 4 is 29.1 Å². The number of nitro benzene ring substituents is 1. The van der Waals surface area contributed by atoms with Crippen molar-refractivity contribution in [3.63, 3.8) is 0 Å². The number of nitro groups is 1. The number of hydrogen-bond donors (Lipinski definition) is 0. The molecule has 0 saturated carbocycles. The number of fused-ring (bicyclic) bond motifs is 1. The number of carbonyl (C=O) groups excluding carboxylic acids is 2. The third kappa shape index (κ3) is 2.85. The Kier molecular flexibility index (Phi) is 3.97. The molecule has 0 atom stereocenters. The highest BCUT2D eigenvalue weighted by molar-refractivity contribution is 6.30. The van der Waals surface area contributed by atoms with E-state index in [4.69, 9.17) is 16.0 Å². The van der Waals surface area contributed by atoms with Crippen LogP contribution >= 0.6 is 11.6 Å². The molecule has 9 heteroatoms. The zero-order valence-corrected chi connectivity index (χ0v) is 14.3. The van der Waals surface area contributed by atoms with Crippen molar-refractivity contribution in [3.8, 4) is 11.3 Å². The summed E-state index contributed by atoms with van der Waals surface area (Å²) in [6, 6.07) is 10.9. The van der Waals surface area contributed by atoms with Crippen LogP contribution in [0.2, 0.25) is 5.02 Å². The van der Waals surface area contributed by atoms with Crippen LogP contribution in [0.25, 0.3) is 11.3 Å². The van der Waals surface area contributed by atoms with Crippen LogP contribution in [0, 0.1) is 10.1 Å². The normalized spacial score (nSPS) is 13.1. The molecule has 2 heterocycles. The fraction of sp³-hybridized carbons (Fsp3) is 0.0556. The van der Waals surface area contributed by atoms with Gasteiger partial charge < -0.3 is 4.42 Å². The van der Waals surface area contributed by atoms with Gasteiger partial charge in [0.15, 0.2) is 5.76 Å². The minimum Gasteiger partial charge on any atom is -0.439 e. The van der Waals surface area contributed by atoms with Crippen LogP contribution in [-0.2, 0) is 6.54 Å². The van der Waals surface area contributed by atoms with Crippen LogP contribution in [0.3, 0.4) is 0 Å². The lowest BCUT2D eigenvalue weighted by Gasteiger charge is -2.10. The quantitative estimate of drug-likeness (QED) is 0.386. The predicted molar refractivity (Wildman–Crippen MR) is 94.2 cm³/mol. The van der Waals surface area contributed by atoms with Crippen LogP contribution in [0.1, 0.15) is 26.6 Å². The van der Waals surface area contributed by atoms with Crippen molar-refractivity contribution < 1.29 is 18.9 Å². The molecule has 0 saturated heterocycles. The zero-order chi connectivity index (χ0) is 19.1. The average Bonchev–Trinajstić information content (AvgIpc) is 3.21. The Bertz CT molecular complexity index is 1110. The molecule has 4 rings (SSSR count). The van der Waals surface area contributed by atoms with Crippen LogP contribution in [0.4, 0.5) is 5.69 Å². The summed E-state index contributed by atoms with van der Waals surface area (Å²) >= 11 is 5.95. The van der Waals surface area contributed by atoms with E-state index in [0.29, 0.717) is 16.3 Å². The highest BCUT2D eigenvalue weighted by Crippen LogP contribution is 2.32. The lowest BCUT2D eigenvalue weighted by molar-refractivity contribution is -0.385. The summed E-state index contributed by atoms with van der Waals surface area (Å²) in [6.45, 7) is -0.232.